The average Bonchev–Trinajstić information content (AvgIpc) is 3.13. The van der Waals surface area contributed by atoms with Crippen LogP contribution < -0.4 is 5.32 Å². The van der Waals surface area contributed by atoms with Crippen molar-refractivity contribution in [1.82, 2.24) is 5.32 Å². The van der Waals surface area contributed by atoms with E-state index in [0.29, 0.717) is 16.3 Å². The van der Waals surface area contributed by atoms with E-state index in [0.717, 1.165) is 12.8 Å². The molecule has 2 aromatic carbocycles. The van der Waals surface area contributed by atoms with Crippen molar-refractivity contribution in [2.75, 3.05) is 0 Å². The molecule has 4 heteroatoms. The Morgan fingerprint density at radius 2 is 2.06 bits per heavy atom. The number of nitrogens with one attached hydrogen (secondary N) is 1. The normalized spacial score (nSPS) is 14.7. The molecule has 1 amide bonds. The van der Waals surface area contributed by atoms with Gasteiger partial charge in [-0.15, -0.1) is 0 Å². The number of fused-ring (bicyclic) bond motifs is 1. The molecule has 0 saturated heterocycles. The number of aromatic hydroxyl groups is 1. The number of phenols is 1. The Morgan fingerprint density at radius 1 is 1.28 bits per heavy atom. The maximum absolute atomic E-state index is 13.1. The number of amides is 1. The zero-order valence-electron chi connectivity index (χ0n) is 9.61. The molecule has 0 heterocycles. The third-order valence-corrected chi connectivity index (χ3v) is 3.07. The summed E-state index contributed by atoms with van der Waals surface area (Å²) in [6.07, 6.45) is 2.02. The van der Waals surface area contributed by atoms with E-state index in [4.69, 9.17) is 0 Å². The summed E-state index contributed by atoms with van der Waals surface area (Å²) in [5.41, 5.74) is 0.401. The fourth-order valence-electron chi connectivity index (χ4n) is 1.94. The fraction of sp³-hybridized carbons (Fsp3) is 0.214. The van der Waals surface area contributed by atoms with E-state index >= 15 is 0 Å². The number of halogens is 1. The molecule has 2 N–H and O–H groups in total. The molecule has 0 unspecified atom stereocenters. The Bertz CT molecular complexity index is 635. The molecule has 0 spiro atoms. The van der Waals surface area contributed by atoms with Crippen LogP contribution in [0.15, 0.2) is 30.3 Å². The molecule has 1 aliphatic carbocycles. The van der Waals surface area contributed by atoms with Crippen molar-refractivity contribution in [2.45, 2.75) is 18.9 Å². The number of rotatable bonds is 2. The van der Waals surface area contributed by atoms with Crippen molar-refractivity contribution in [3.8, 4) is 5.75 Å². The summed E-state index contributed by atoms with van der Waals surface area (Å²) in [4.78, 5) is 11.9. The van der Waals surface area contributed by atoms with Crippen LogP contribution in [0.25, 0.3) is 10.8 Å². The second kappa shape index (κ2) is 3.98. The molecule has 1 saturated carbocycles. The molecule has 3 rings (SSSR count). The maximum atomic E-state index is 13.1. The molecule has 1 fully saturated rings. The van der Waals surface area contributed by atoms with Crippen LogP contribution in [0.2, 0.25) is 0 Å². The molecule has 1 aliphatic rings. The molecular formula is C14H12FNO2. The Labute approximate surface area is 103 Å². The van der Waals surface area contributed by atoms with Crippen LogP contribution in [0.1, 0.15) is 23.2 Å². The molecule has 2 aromatic rings. The van der Waals surface area contributed by atoms with Gasteiger partial charge in [-0.25, -0.2) is 4.39 Å². The Balaban J connectivity index is 2.03. The first-order valence-electron chi connectivity index (χ1n) is 5.86. The highest BCUT2D eigenvalue weighted by Gasteiger charge is 2.24. The number of hydrogen-bond donors (Lipinski definition) is 2. The Morgan fingerprint density at radius 3 is 2.78 bits per heavy atom. The lowest BCUT2D eigenvalue weighted by molar-refractivity contribution is 0.0951. The van der Waals surface area contributed by atoms with Gasteiger partial charge in [-0.2, -0.15) is 0 Å². The van der Waals surface area contributed by atoms with Crippen molar-refractivity contribution in [1.29, 1.82) is 0 Å². The van der Waals surface area contributed by atoms with E-state index in [1.165, 1.54) is 18.2 Å². The third-order valence-electron chi connectivity index (χ3n) is 3.07. The summed E-state index contributed by atoms with van der Waals surface area (Å²) in [5, 5.41) is 13.7. The smallest absolute Gasteiger partial charge is 0.251 e. The quantitative estimate of drug-likeness (QED) is 0.854. The first kappa shape index (κ1) is 11.0. The maximum Gasteiger partial charge on any atom is 0.251 e. The van der Waals surface area contributed by atoms with Gasteiger partial charge in [0.1, 0.15) is 11.6 Å². The minimum atomic E-state index is -0.409. The van der Waals surface area contributed by atoms with E-state index in [1.54, 1.807) is 12.1 Å². The van der Waals surface area contributed by atoms with E-state index in [2.05, 4.69) is 5.32 Å². The van der Waals surface area contributed by atoms with Gasteiger partial charge in [0.05, 0.1) is 0 Å². The van der Waals surface area contributed by atoms with Gasteiger partial charge in [-0.3, -0.25) is 4.79 Å². The number of carbonyl (C=O) groups excluding carboxylic acids is 1. The van der Waals surface area contributed by atoms with Gasteiger partial charge >= 0.3 is 0 Å². The van der Waals surface area contributed by atoms with Gasteiger partial charge in [-0.05, 0) is 42.5 Å². The zero-order valence-corrected chi connectivity index (χ0v) is 9.61. The van der Waals surface area contributed by atoms with Crippen molar-refractivity contribution in [2.24, 2.45) is 0 Å². The van der Waals surface area contributed by atoms with Crippen LogP contribution in [0.4, 0.5) is 4.39 Å². The lowest BCUT2D eigenvalue weighted by Gasteiger charge is -2.07. The van der Waals surface area contributed by atoms with Crippen LogP contribution in [0.3, 0.4) is 0 Å². The summed E-state index contributed by atoms with van der Waals surface area (Å²) in [7, 11) is 0. The minimum Gasteiger partial charge on any atom is -0.507 e. The SMILES string of the molecule is O=C(NC1CC1)c1cc(O)c2cc(F)ccc2c1. The van der Waals surface area contributed by atoms with Crippen LogP contribution in [0, 0.1) is 5.82 Å². The predicted molar refractivity (Wildman–Crippen MR) is 66.1 cm³/mol. The van der Waals surface area contributed by atoms with Crippen LogP contribution in [0.5, 0.6) is 5.75 Å². The standard InChI is InChI=1S/C14H12FNO2/c15-10-2-1-8-5-9(6-13(17)12(8)7-10)14(18)16-11-3-4-11/h1-2,5-7,11,17H,3-4H2,(H,16,18). The lowest BCUT2D eigenvalue weighted by atomic mass is 10.1. The van der Waals surface area contributed by atoms with Gasteiger partial charge in [0.15, 0.2) is 0 Å². The molecular weight excluding hydrogens is 233 g/mol. The monoisotopic (exact) mass is 245 g/mol. The van der Waals surface area contributed by atoms with E-state index in [1.807, 2.05) is 0 Å². The highest BCUT2D eigenvalue weighted by Crippen LogP contribution is 2.28. The summed E-state index contributed by atoms with van der Waals surface area (Å²) in [6.45, 7) is 0. The lowest BCUT2D eigenvalue weighted by Crippen LogP contribution is -2.25. The highest BCUT2D eigenvalue weighted by molar-refractivity contribution is 6.01. The first-order valence-corrected chi connectivity index (χ1v) is 5.86. The summed E-state index contributed by atoms with van der Waals surface area (Å²) in [6, 6.07) is 7.42. The van der Waals surface area contributed by atoms with Crippen molar-refractivity contribution in [3.05, 3.63) is 41.7 Å². The fourth-order valence-corrected chi connectivity index (χ4v) is 1.94. The zero-order chi connectivity index (χ0) is 12.7. The van der Waals surface area contributed by atoms with E-state index in [-0.39, 0.29) is 17.7 Å². The molecule has 3 nitrogen and oxygen atoms in total. The summed E-state index contributed by atoms with van der Waals surface area (Å²) in [5.74, 6) is -0.681. The number of benzene rings is 2. The summed E-state index contributed by atoms with van der Waals surface area (Å²) >= 11 is 0. The third kappa shape index (κ3) is 2.01. The Kier molecular flexibility index (Phi) is 2.44. The second-order valence-electron chi connectivity index (χ2n) is 4.61. The molecule has 0 atom stereocenters. The van der Waals surface area contributed by atoms with Crippen LogP contribution >= 0.6 is 0 Å². The van der Waals surface area contributed by atoms with Gasteiger partial charge in [0.25, 0.3) is 5.91 Å². The van der Waals surface area contributed by atoms with Gasteiger partial charge in [0, 0.05) is 17.0 Å². The van der Waals surface area contributed by atoms with E-state index in [9.17, 15) is 14.3 Å². The van der Waals surface area contributed by atoms with Gasteiger partial charge < -0.3 is 10.4 Å². The second-order valence-corrected chi connectivity index (χ2v) is 4.61. The summed E-state index contributed by atoms with van der Waals surface area (Å²) < 4.78 is 13.1. The van der Waals surface area contributed by atoms with Crippen LogP contribution in [-0.2, 0) is 0 Å². The molecule has 0 radical (unpaired) electrons. The van der Waals surface area contributed by atoms with Gasteiger partial charge in [-0.1, -0.05) is 6.07 Å². The molecule has 18 heavy (non-hydrogen) atoms. The molecule has 0 aliphatic heterocycles. The largest absolute Gasteiger partial charge is 0.507 e. The molecule has 92 valence electrons. The van der Waals surface area contributed by atoms with E-state index < -0.39 is 5.82 Å². The molecule has 0 aromatic heterocycles. The van der Waals surface area contributed by atoms with Crippen molar-refractivity contribution in [3.63, 3.8) is 0 Å². The average molecular weight is 245 g/mol. The van der Waals surface area contributed by atoms with Crippen molar-refractivity contribution < 1.29 is 14.3 Å². The topological polar surface area (TPSA) is 49.3 Å². The van der Waals surface area contributed by atoms with Gasteiger partial charge in [0.2, 0.25) is 0 Å². The highest BCUT2D eigenvalue weighted by atomic mass is 19.1. The minimum absolute atomic E-state index is 0.0760. The molecule has 0 bridgehead atoms. The number of carbonyl (C=O) groups is 1. The first-order chi connectivity index (χ1) is 8.63. The number of hydrogen-bond acceptors (Lipinski definition) is 2. The van der Waals surface area contributed by atoms with Crippen molar-refractivity contribution >= 4 is 16.7 Å². The number of phenolic OH excluding ortho intramolecular Hbond substituents is 1. The Hall–Kier alpha value is -2.10. The van der Waals surface area contributed by atoms with Crippen LogP contribution in [-0.4, -0.2) is 17.1 Å². The predicted octanol–water partition coefficient (Wildman–Crippen LogP) is 2.58.